The van der Waals surface area contributed by atoms with Gasteiger partial charge in [-0.2, -0.15) is 5.01 Å². The second-order valence-corrected chi connectivity index (χ2v) is 8.40. The Morgan fingerprint density at radius 1 is 0.875 bits per heavy atom. The molecule has 0 fully saturated rings. The zero-order valence-corrected chi connectivity index (χ0v) is 18.5. The molecule has 1 N–H and O–H groups in total. The van der Waals surface area contributed by atoms with Crippen LogP contribution in [0.3, 0.4) is 0 Å². The third-order valence-corrected chi connectivity index (χ3v) is 6.12. The minimum absolute atomic E-state index is 0.106. The molecule has 4 heteroatoms. The minimum Gasteiger partial charge on any atom is -0.494 e. The number of nitrogens with one attached hydrogen (secondary N) is 1. The molecule has 0 saturated heterocycles. The molecule has 2 heterocycles. The molecule has 2 aliphatic rings. The lowest BCUT2D eigenvalue weighted by Gasteiger charge is -2.39. The molecule has 0 amide bonds. The number of rotatable bonds is 8. The highest BCUT2D eigenvalue weighted by atomic mass is 16.5. The van der Waals surface area contributed by atoms with Crippen LogP contribution in [-0.2, 0) is 0 Å². The fraction of sp³-hybridized carbons (Fsp3) is 0.286. The van der Waals surface area contributed by atoms with Crippen molar-refractivity contribution in [2.24, 2.45) is 0 Å². The van der Waals surface area contributed by atoms with E-state index in [9.17, 15) is 0 Å². The van der Waals surface area contributed by atoms with Gasteiger partial charge in [0.25, 0.3) is 0 Å². The van der Waals surface area contributed by atoms with Gasteiger partial charge in [-0.25, -0.2) is 0 Å². The van der Waals surface area contributed by atoms with E-state index in [4.69, 9.17) is 9.47 Å². The SMILES string of the molecule is CCCCCCOc1ccc([C@H]2Oc3ccccc3[C@@H]3C=C(c4ccccc4)NN23)cc1. The van der Waals surface area contributed by atoms with Crippen LogP contribution in [0.15, 0.2) is 84.9 Å². The summed E-state index contributed by atoms with van der Waals surface area (Å²) in [4.78, 5) is 0. The number of benzene rings is 3. The third kappa shape index (κ3) is 4.23. The highest BCUT2D eigenvalue weighted by Gasteiger charge is 2.39. The summed E-state index contributed by atoms with van der Waals surface area (Å²) in [5.41, 5.74) is 8.15. The van der Waals surface area contributed by atoms with E-state index in [-0.39, 0.29) is 12.3 Å². The Labute approximate surface area is 190 Å². The number of para-hydroxylation sites is 1. The van der Waals surface area contributed by atoms with Gasteiger partial charge in [-0.1, -0.05) is 86.8 Å². The minimum atomic E-state index is -0.231. The Morgan fingerprint density at radius 3 is 2.47 bits per heavy atom. The largest absolute Gasteiger partial charge is 0.494 e. The van der Waals surface area contributed by atoms with Crippen molar-refractivity contribution in [1.82, 2.24) is 10.4 Å². The van der Waals surface area contributed by atoms with Gasteiger partial charge in [0.15, 0.2) is 6.23 Å². The Bertz CT molecular complexity index is 1060. The molecule has 4 nitrogen and oxygen atoms in total. The van der Waals surface area contributed by atoms with Crippen LogP contribution in [-0.4, -0.2) is 11.6 Å². The number of nitrogens with zero attached hydrogens (tertiary/aromatic N) is 1. The molecule has 0 aliphatic carbocycles. The first-order chi connectivity index (χ1) is 15.8. The molecule has 0 radical (unpaired) electrons. The van der Waals surface area contributed by atoms with Crippen LogP contribution in [0.1, 0.15) is 61.6 Å². The normalized spacial score (nSPS) is 19.3. The number of hydrogen-bond donors (Lipinski definition) is 1. The van der Waals surface area contributed by atoms with Crippen molar-refractivity contribution in [3.05, 3.63) is 102 Å². The van der Waals surface area contributed by atoms with Crippen molar-refractivity contribution >= 4 is 5.70 Å². The third-order valence-electron chi connectivity index (χ3n) is 6.12. The predicted molar refractivity (Wildman–Crippen MR) is 128 cm³/mol. The van der Waals surface area contributed by atoms with E-state index in [1.165, 1.54) is 30.4 Å². The number of ether oxygens (including phenoxy) is 2. The van der Waals surface area contributed by atoms with Crippen LogP contribution in [0, 0.1) is 0 Å². The molecule has 0 aromatic heterocycles. The van der Waals surface area contributed by atoms with Crippen LogP contribution in [0.2, 0.25) is 0 Å². The van der Waals surface area contributed by atoms with Gasteiger partial charge in [0.05, 0.1) is 18.3 Å². The highest BCUT2D eigenvalue weighted by molar-refractivity contribution is 5.67. The summed E-state index contributed by atoms with van der Waals surface area (Å²) in [6.07, 6.45) is 6.90. The summed E-state index contributed by atoms with van der Waals surface area (Å²) in [6.45, 7) is 3.00. The summed E-state index contributed by atoms with van der Waals surface area (Å²) in [7, 11) is 0. The lowest BCUT2D eigenvalue weighted by molar-refractivity contribution is -0.0326. The second-order valence-electron chi connectivity index (χ2n) is 8.40. The first-order valence-electron chi connectivity index (χ1n) is 11.6. The molecule has 2 atom stereocenters. The Balaban J connectivity index is 1.36. The van der Waals surface area contributed by atoms with Crippen molar-refractivity contribution in [1.29, 1.82) is 0 Å². The maximum Gasteiger partial charge on any atom is 0.195 e. The van der Waals surface area contributed by atoms with Gasteiger partial charge in [-0.05, 0) is 36.3 Å². The van der Waals surface area contributed by atoms with E-state index in [1.807, 2.05) is 12.1 Å². The van der Waals surface area contributed by atoms with E-state index in [0.717, 1.165) is 35.8 Å². The van der Waals surface area contributed by atoms with Gasteiger partial charge in [0.1, 0.15) is 11.5 Å². The van der Waals surface area contributed by atoms with Crippen molar-refractivity contribution in [2.75, 3.05) is 6.61 Å². The van der Waals surface area contributed by atoms with Crippen LogP contribution in [0.5, 0.6) is 11.5 Å². The maximum atomic E-state index is 6.47. The molecular weight excluding hydrogens is 396 g/mol. The number of hydrazine groups is 1. The monoisotopic (exact) mass is 426 g/mol. The first kappa shape index (κ1) is 20.7. The Morgan fingerprint density at radius 2 is 1.66 bits per heavy atom. The molecule has 164 valence electrons. The van der Waals surface area contributed by atoms with Crippen molar-refractivity contribution in [3.8, 4) is 11.5 Å². The van der Waals surface area contributed by atoms with E-state index in [2.05, 4.69) is 90.2 Å². The Hall–Kier alpha value is -3.24. The molecule has 0 bridgehead atoms. The van der Waals surface area contributed by atoms with Crippen molar-refractivity contribution in [3.63, 3.8) is 0 Å². The molecule has 3 aromatic carbocycles. The average molecular weight is 427 g/mol. The van der Waals surface area contributed by atoms with Crippen LogP contribution in [0.25, 0.3) is 5.70 Å². The van der Waals surface area contributed by atoms with E-state index < -0.39 is 0 Å². The van der Waals surface area contributed by atoms with Gasteiger partial charge < -0.3 is 14.9 Å². The summed E-state index contributed by atoms with van der Waals surface area (Å²) < 4.78 is 12.4. The molecule has 2 aliphatic heterocycles. The van der Waals surface area contributed by atoms with Gasteiger partial charge in [0, 0.05) is 11.1 Å². The zero-order valence-electron chi connectivity index (χ0n) is 18.5. The lowest BCUT2D eigenvalue weighted by Crippen LogP contribution is -2.43. The standard InChI is InChI=1S/C28H30N2O2/c1-2-3-4-10-19-31-23-17-15-22(16-18-23)28-30-26(24-13-8-9-14-27(24)32-28)20-25(29-30)21-11-6-5-7-12-21/h5-9,11-18,20,26,28-29H,2-4,10,19H2,1H3/t26-,28+/m0/s1. The molecule has 0 saturated carbocycles. The highest BCUT2D eigenvalue weighted by Crippen LogP contribution is 2.45. The van der Waals surface area contributed by atoms with Gasteiger partial charge in [0.2, 0.25) is 0 Å². The lowest BCUT2D eigenvalue weighted by atomic mass is 10.0. The zero-order chi connectivity index (χ0) is 21.8. The van der Waals surface area contributed by atoms with Crippen molar-refractivity contribution < 1.29 is 9.47 Å². The molecule has 3 aromatic rings. The quantitative estimate of drug-likeness (QED) is 0.409. The van der Waals surface area contributed by atoms with Gasteiger partial charge >= 0.3 is 0 Å². The molecule has 0 spiro atoms. The summed E-state index contributed by atoms with van der Waals surface area (Å²) >= 11 is 0. The second kappa shape index (κ2) is 9.49. The van der Waals surface area contributed by atoms with E-state index in [0.29, 0.717) is 0 Å². The van der Waals surface area contributed by atoms with Crippen LogP contribution in [0.4, 0.5) is 0 Å². The van der Waals surface area contributed by atoms with Gasteiger partial charge in [-0.15, -0.1) is 0 Å². The number of fused-ring (bicyclic) bond motifs is 3. The Kier molecular flexibility index (Phi) is 6.13. The fourth-order valence-electron chi connectivity index (χ4n) is 4.39. The van der Waals surface area contributed by atoms with Crippen LogP contribution < -0.4 is 14.9 Å². The summed E-state index contributed by atoms with van der Waals surface area (Å²) in [5.74, 6) is 1.85. The smallest absolute Gasteiger partial charge is 0.195 e. The number of hydrogen-bond acceptors (Lipinski definition) is 4. The molecule has 32 heavy (non-hydrogen) atoms. The molecular formula is C28H30N2O2. The van der Waals surface area contributed by atoms with Crippen molar-refractivity contribution in [2.45, 2.75) is 44.9 Å². The summed E-state index contributed by atoms with van der Waals surface area (Å²) in [6, 6.07) is 27.2. The maximum absolute atomic E-state index is 6.47. The molecule has 5 rings (SSSR count). The van der Waals surface area contributed by atoms with E-state index in [1.54, 1.807) is 0 Å². The van der Waals surface area contributed by atoms with Crippen LogP contribution >= 0.6 is 0 Å². The average Bonchev–Trinajstić information content (AvgIpc) is 3.30. The topological polar surface area (TPSA) is 33.7 Å². The predicted octanol–water partition coefficient (Wildman–Crippen LogP) is 6.64. The molecule has 0 unspecified atom stereocenters. The number of unbranched alkanes of at least 4 members (excludes halogenated alkanes) is 3. The fourth-order valence-corrected chi connectivity index (χ4v) is 4.39. The van der Waals surface area contributed by atoms with E-state index >= 15 is 0 Å². The first-order valence-corrected chi connectivity index (χ1v) is 11.6. The van der Waals surface area contributed by atoms with Gasteiger partial charge in [-0.3, -0.25) is 0 Å². The summed E-state index contributed by atoms with van der Waals surface area (Å²) in [5, 5.41) is 2.20.